The molecule has 0 saturated carbocycles. The number of amides is 2. The number of carbonyl (C=O) groups is 3. The molecule has 142 valence electrons. The minimum Gasteiger partial charge on any atom is -0.481 e. The number of aromatic amines is 1. The number of hydrogen-bond donors (Lipinski definition) is 2. The minimum atomic E-state index is -0.810. The molecule has 2 aromatic rings. The molecular weight excluding hydrogens is 346 g/mol. The highest BCUT2D eigenvalue weighted by Gasteiger charge is 2.28. The fourth-order valence-corrected chi connectivity index (χ4v) is 3.26. The molecule has 0 aliphatic carbocycles. The van der Waals surface area contributed by atoms with Crippen LogP contribution in [0.2, 0.25) is 0 Å². The van der Waals surface area contributed by atoms with E-state index in [2.05, 4.69) is 4.98 Å². The van der Waals surface area contributed by atoms with Crippen LogP contribution in [0.5, 0.6) is 0 Å². The predicted octanol–water partition coefficient (Wildman–Crippen LogP) is 2.08. The van der Waals surface area contributed by atoms with Gasteiger partial charge in [-0.05, 0) is 30.5 Å². The third-order valence-electron chi connectivity index (χ3n) is 4.92. The van der Waals surface area contributed by atoms with Crippen LogP contribution in [0.4, 0.5) is 0 Å². The summed E-state index contributed by atoms with van der Waals surface area (Å²) in [6, 6.07) is 13.2. The number of nitrogens with zero attached hydrogens (tertiary/aromatic N) is 2. The summed E-state index contributed by atoms with van der Waals surface area (Å²) in [6.45, 7) is 0.799. The summed E-state index contributed by atoms with van der Waals surface area (Å²) in [5.74, 6) is -1.62. The maximum absolute atomic E-state index is 12.6. The summed E-state index contributed by atoms with van der Waals surface area (Å²) in [4.78, 5) is 42.1. The molecule has 0 atom stereocenters. The average Bonchev–Trinajstić information content (AvgIpc) is 3.18. The van der Waals surface area contributed by atoms with Crippen molar-refractivity contribution in [3.8, 4) is 11.3 Å². The number of nitrogens with one attached hydrogen (secondary N) is 1. The van der Waals surface area contributed by atoms with Crippen LogP contribution in [0, 0.1) is 5.92 Å². The van der Waals surface area contributed by atoms with Crippen molar-refractivity contribution in [1.82, 2.24) is 14.8 Å². The van der Waals surface area contributed by atoms with Crippen LogP contribution in [-0.4, -0.2) is 64.4 Å². The summed E-state index contributed by atoms with van der Waals surface area (Å²) >= 11 is 0. The van der Waals surface area contributed by atoms with Gasteiger partial charge in [0.05, 0.1) is 12.5 Å². The highest BCUT2D eigenvalue weighted by molar-refractivity contribution is 5.95. The van der Waals surface area contributed by atoms with E-state index in [1.807, 2.05) is 36.4 Å². The molecule has 1 aliphatic heterocycles. The smallest absolute Gasteiger partial charge is 0.306 e. The van der Waals surface area contributed by atoms with Gasteiger partial charge in [-0.15, -0.1) is 0 Å². The van der Waals surface area contributed by atoms with E-state index in [0.29, 0.717) is 31.6 Å². The van der Waals surface area contributed by atoms with Gasteiger partial charge >= 0.3 is 5.97 Å². The molecule has 2 N–H and O–H groups in total. The lowest BCUT2D eigenvalue weighted by Gasteiger charge is -2.31. The van der Waals surface area contributed by atoms with Crippen molar-refractivity contribution in [2.75, 3.05) is 26.7 Å². The van der Waals surface area contributed by atoms with Crippen LogP contribution < -0.4 is 0 Å². The van der Waals surface area contributed by atoms with Crippen LogP contribution in [0.1, 0.15) is 23.3 Å². The summed E-state index contributed by atoms with van der Waals surface area (Å²) < 4.78 is 0. The summed E-state index contributed by atoms with van der Waals surface area (Å²) in [5, 5.41) is 9.03. The second-order valence-electron chi connectivity index (χ2n) is 6.81. The number of benzene rings is 1. The van der Waals surface area contributed by atoms with Crippen molar-refractivity contribution in [3.05, 3.63) is 48.2 Å². The fourth-order valence-electron chi connectivity index (χ4n) is 3.26. The molecule has 0 bridgehead atoms. The second-order valence-corrected chi connectivity index (χ2v) is 6.81. The lowest BCUT2D eigenvalue weighted by molar-refractivity contribution is -0.145. The Bertz CT molecular complexity index is 823. The van der Waals surface area contributed by atoms with E-state index in [9.17, 15) is 14.4 Å². The number of likely N-dealkylation sites (N-methyl/N-ethyl adjacent to an activating group) is 1. The maximum atomic E-state index is 12.6. The van der Waals surface area contributed by atoms with Crippen LogP contribution in [-0.2, 0) is 9.59 Å². The third-order valence-corrected chi connectivity index (χ3v) is 4.92. The summed E-state index contributed by atoms with van der Waals surface area (Å²) in [7, 11) is 1.59. The maximum Gasteiger partial charge on any atom is 0.306 e. The topological polar surface area (TPSA) is 93.7 Å². The van der Waals surface area contributed by atoms with Crippen molar-refractivity contribution < 1.29 is 19.5 Å². The van der Waals surface area contributed by atoms with Crippen molar-refractivity contribution in [1.29, 1.82) is 0 Å². The van der Waals surface area contributed by atoms with Crippen LogP contribution in [0.15, 0.2) is 42.5 Å². The first-order valence-corrected chi connectivity index (χ1v) is 8.96. The number of carbonyl (C=O) groups excluding carboxylic acids is 2. The number of likely N-dealkylation sites (tertiary alicyclic amines) is 1. The Balaban J connectivity index is 1.57. The zero-order valence-electron chi connectivity index (χ0n) is 15.2. The highest BCUT2D eigenvalue weighted by Crippen LogP contribution is 2.19. The normalized spacial score (nSPS) is 14.8. The summed E-state index contributed by atoms with van der Waals surface area (Å²) in [5.41, 5.74) is 2.25. The van der Waals surface area contributed by atoms with Gasteiger partial charge < -0.3 is 19.9 Å². The van der Waals surface area contributed by atoms with Crippen molar-refractivity contribution in [3.63, 3.8) is 0 Å². The average molecular weight is 369 g/mol. The largest absolute Gasteiger partial charge is 0.481 e. The minimum absolute atomic E-state index is 0.0315. The first-order chi connectivity index (χ1) is 13.0. The Morgan fingerprint density at radius 3 is 2.41 bits per heavy atom. The van der Waals surface area contributed by atoms with Crippen molar-refractivity contribution in [2.24, 2.45) is 5.92 Å². The van der Waals surface area contributed by atoms with Gasteiger partial charge in [0.1, 0.15) is 5.69 Å². The van der Waals surface area contributed by atoms with Crippen molar-refractivity contribution >= 4 is 17.8 Å². The number of carboxylic acid groups (broad SMARTS) is 1. The number of hydrogen-bond acceptors (Lipinski definition) is 3. The number of aliphatic carboxylic acids is 1. The van der Waals surface area contributed by atoms with Gasteiger partial charge in [-0.3, -0.25) is 14.4 Å². The van der Waals surface area contributed by atoms with E-state index >= 15 is 0 Å². The molecule has 2 heterocycles. The van der Waals surface area contributed by atoms with Crippen molar-refractivity contribution in [2.45, 2.75) is 12.8 Å². The molecule has 0 unspecified atom stereocenters. The SMILES string of the molecule is CN(CC(=O)N1CCC(C(=O)O)CC1)C(=O)c1ccc(-c2ccccc2)[nH]1. The molecule has 1 saturated heterocycles. The Hall–Kier alpha value is -3.09. The number of rotatable bonds is 5. The molecule has 2 amide bonds. The first kappa shape index (κ1) is 18.7. The second kappa shape index (κ2) is 8.07. The Kier molecular flexibility index (Phi) is 5.59. The van der Waals surface area contributed by atoms with Gasteiger partial charge in [0, 0.05) is 25.8 Å². The predicted molar refractivity (Wildman–Crippen MR) is 100 cm³/mol. The Morgan fingerprint density at radius 1 is 1.11 bits per heavy atom. The molecule has 7 nitrogen and oxygen atoms in total. The fraction of sp³-hybridized carbons (Fsp3) is 0.350. The molecule has 1 fully saturated rings. The van der Waals surface area contributed by atoms with Gasteiger partial charge in [-0.2, -0.15) is 0 Å². The van der Waals surface area contributed by atoms with Gasteiger partial charge in [0.2, 0.25) is 5.91 Å². The quantitative estimate of drug-likeness (QED) is 0.844. The van der Waals surface area contributed by atoms with Gasteiger partial charge in [0.15, 0.2) is 0 Å². The number of H-pyrrole nitrogens is 1. The first-order valence-electron chi connectivity index (χ1n) is 8.96. The lowest BCUT2D eigenvalue weighted by atomic mass is 9.97. The molecule has 27 heavy (non-hydrogen) atoms. The summed E-state index contributed by atoms with van der Waals surface area (Å²) in [6.07, 6.45) is 0.908. The Morgan fingerprint density at radius 2 is 1.78 bits per heavy atom. The lowest BCUT2D eigenvalue weighted by Crippen LogP contribution is -2.45. The van der Waals surface area contributed by atoms with Crippen LogP contribution in [0.3, 0.4) is 0 Å². The molecule has 1 aliphatic rings. The van der Waals surface area contributed by atoms with Crippen LogP contribution in [0.25, 0.3) is 11.3 Å². The van der Waals surface area contributed by atoms with E-state index in [1.54, 1.807) is 18.0 Å². The number of aromatic nitrogens is 1. The van der Waals surface area contributed by atoms with E-state index in [-0.39, 0.29) is 24.3 Å². The van der Waals surface area contributed by atoms with E-state index in [4.69, 9.17) is 5.11 Å². The Labute approximate surface area is 157 Å². The monoisotopic (exact) mass is 369 g/mol. The third kappa shape index (κ3) is 4.36. The standard InChI is InChI=1S/C20H23N3O4/c1-22(13-18(24)23-11-9-15(10-12-23)20(26)27)19(25)17-8-7-16(21-17)14-5-3-2-4-6-14/h2-8,15,21H,9-13H2,1H3,(H,26,27). The van der Waals surface area contributed by atoms with E-state index in [1.165, 1.54) is 4.90 Å². The molecule has 0 radical (unpaired) electrons. The zero-order valence-corrected chi connectivity index (χ0v) is 15.2. The van der Waals surface area contributed by atoms with Gasteiger partial charge in [0.25, 0.3) is 5.91 Å². The van der Waals surface area contributed by atoms with E-state index < -0.39 is 5.97 Å². The molecule has 1 aromatic carbocycles. The molecular formula is C20H23N3O4. The molecule has 3 rings (SSSR count). The highest BCUT2D eigenvalue weighted by atomic mass is 16.4. The molecule has 0 spiro atoms. The van der Waals surface area contributed by atoms with E-state index in [0.717, 1.165) is 11.3 Å². The molecule has 7 heteroatoms. The van der Waals surface area contributed by atoms with Crippen LogP contribution >= 0.6 is 0 Å². The van der Waals surface area contributed by atoms with Gasteiger partial charge in [-0.25, -0.2) is 0 Å². The number of piperidine rings is 1. The van der Waals surface area contributed by atoms with Gasteiger partial charge in [-0.1, -0.05) is 30.3 Å². The molecule has 1 aromatic heterocycles. The zero-order chi connectivity index (χ0) is 19.4. The number of carboxylic acids is 1.